The summed E-state index contributed by atoms with van der Waals surface area (Å²) in [6, 6.07) is -0.482. The molecule has 0 spiro atoms. The summed E-state index contributed by atoms with van der Waals surface area (Å²) in [5.41, 5.74) is 0. The maximum absolute atomic E-state index is 12.5. The number of rotatable bonds is 7. The van der Waals surface area contributed by atoms with Crippen molar-refractivity contribution in [1.82, 2.24) is 10.2 Å². The molecule has 0 radical (unpaired) electrons. The Morgan fingerprint density at radius 1 is 1.37 bits per heavy atom. The molecule has 4 nitrogen and oxygen atoms in total. The van der Waals surface area contributed by atoms with E-state index in [2.05, 4.69) is 11.6 Å². The summed E-state index contributed by atoms with van der Waals surface area (Å²) in [5.74, 6) is 1.66. The van der Waals surface area contributed by atoms with Crippen LogP contribution in [0.3, 0.4) is 0 Å². The van der Waals surface area contributed by atoms with Crippen LogP contribution in [0.15, 0.2) is 0 Å². The van der Waals surface area contributed by atoms with Crippen LogP contribution in [0.2, 0.25) is 0 Å². The van der Waals surface area contributed by atoms with Crippen molar-refractivity contribution in [2.75, 3.05) is 18.6 Å². The average Bonchev–Trinajstić information content (AvgIpc) is 3.19. The van der Waals surface area contributed by atoms with Crippen LogP contribution in [0.25, 0.3) is 0 Å². The molecule has 1 aliphatic heterocycles. The minimum atomic E-state index is -0.290. The highest BCUT2D eigenvalue weighted by molar-refractivity contribution is 7.98. The van der Waals surface area contributed by atoms with E-state index in [-0.39, 0.29) is 23.9 Å². The molecule has 2 unspecified atom stereocenters. The number of piperazine rings is 1. The number of nitrogens with zero attached hydrogens (tertiary/aromatic N) is 1. The standard InChI is InChI=1S/C14H24N2O2S/c1-3-5-11-14(18)16(8-4-9-19-2)12(10-6-7-10)13(17)15-11/h10-12H,3-9H2,1-2H3,(H,15,17). The molecule has 0 bridgehead atoms. The lowest BCUT2D eigenvalue weighted by Gasteiger charge is -2.39. The first-order valence-corrected chi connectivity index (χ1v) is 8.68. The quantitative estimate of drug-likeness (QED) is 0.723. The Morgan fingerprint density at radius 2 is 2.11 bits per heavy atom. The van der Waals surface area contributed by atoms with Gasteiger partial charge >= 0.3 is 0 Å². The number of carbonyl (C=O) groups is 2. The highest BCUT2D eigenvalue weighted by Gasteiger charge is 2.47. The van der Waals surface area contributed by atoms with E-state index in [1.165, 1.54) is 0 Å². The van der Waals surface area contributed by atoms with Crippen molar-refractivity contribution in [3.63, 3.8) is 0 Å². The third-order valence-electron chi connectivity index (χ3n) is 3.90. The fourth-order valence-corrected chi connectivity index (χ4v) is 3.21. The van der Waals surface area contributed by atoms with Gasteiger partial charge in [0.15, 0.2) is 0 Å². The van der Waals surface area contributed by atoms with E-state index in [0.29, 0.717) is 5.92 Å². The Bertz CT molecular complexity index is 344. The van der Waals surface area contributed by atoms with E-state index in [4.69, 9.17) is 0 Å². The lowest BCUT2D eigenvalue weighted by Crippen LogP contribution is -2.64. The van der Waals surface area contributed by atoms with Crippen molar-refractivity contribution < 1.29 is 9.59 Å². The Hall–Kier alpha value is -0.710. The first-order chi connectivity index (χ1) is 9.19. The minimum absolute atomic E-state index is 0.0738. The molecule has 1 N–H and O–H groups in total. The molecular formula is C14H24N2O2S. The predicted molar refractivity (Wildman–Crippen MR) is 78.1 cm³/mol. The molecule has 19 heavy (non-hydrogen) atoms. The maximum atomic E-state index is 12.5. The van der Waals surface area contributed by atoms with Gasteiger partial charge in [0.2, 0.25) is 11.8 Å². The van der Waals surface area contributed by atoms with Gasteiger partial charge in [-0.3, -0.25) is 9.59 Å². The highest BCUT2D eigenvalue weighted by atomic mass is 32.2. The van der Waals surface area contributed by atoms with Crippen LogP contribution in [0.5, 0.6) is 0 Å². The smallest absolute Gasteiger partial charge is 0.245 e. The summed E-state index contributed by atoms with van der Waals surface area (Å²) in [4.78, 5) is 26.6. The Kier molecular flexibility index (Phi) is 5.13. The van der Waals surface area contributed by atoms with E-state index >= 15 is 0 Å². The summed E-state index contributed by atoms with van der Waals surface area (Å²) >= 11 is 1.79. The van der Waals surface area contributed by atoms with Crippen molar-refractivity contribution in [2.45, 2.75) is 51.1 Å². The molecule has 5 heteroatoms. The van der Waals surface area contributed by atoms with Crippen molar-refractivity contribution in [3.8, 4) is 0 Å². The lowest BCUT2D eigenvalue weighted by atomic mass is 10.0. The molecule has 1 saturated carbocycles. The molecule has 1 aliphatic carbocycles. The molecule has 2 aliphatic rings. The number of hydrogen-bond acceptors (Lipinski definition) is 3. The first-order valence-electron chi connectivity index (χ1n) is 7.28. The van der Waals surface area contributed by atoms with Gasteiger partial charge in [-0.25, -0.2) is 0 Å². The van der Waals surface area contributed by atoms with Gasteiger partial charge in [-0.15, -0.1) is 0 Å². The number of nitrogens with one attached hydrogen (secondary N) is 1. The van der Waals surface area contributed by atoms with E-state index < -0.39 is 0 Å². The predicted octanol–water partition coefficient (Wildman–Crippen LogP) is 1.65. The van der Waals surface area contributed by atoms with Gasteiger partial charge in [-0.05, 0) is 43.6 Å². The molecule has 2 fully saturated rings. The zero-order valence-corrected chi connectivity index (χ0v) is 12.7. The van der Waals surface area contributed by atoms with Crippen LogP contribution in [-0.2, 0) is 9.59 Å². The first kappa shape index (κ1) is 14.7. The van der Waals surface area contributed by atoms with Crippen LogP contribution in [-0.4, -0.2) is 47.4 Å². The van der Waals surface area contributed by atoms with Gasteiger partial charge in [-0.2, -0.15) is 11.8 Å². The second-order valence-corrected chi connectivity index (χ2v) is 6.50. The Balaban J connectivity index is 2.05. The molecule has 2 amide bonds. The molecule has 2 rings (SSSR count). The highest BCUT2D eigenvalue weighted by Crippen LogP contribution is 2.37. The van der Waals surface area contributed by atoms with Crippen molar-refractivity contribution >= 4 is 23.6 Å². The topological polar surface area (TPSA) is 49.4 Å². The summed E-state index contributed by atoms with van der Waals surface area (Å²) < 4.78 is 0. The molecular weight excluding hydrogens is 260 g/mol. The summed E-state index contributed by atoms with van der Waals surface area (Å²) in [6.07, 6.45) is 6.89. The fraction of sp³-hybridized carbons (Fsp3) is 0.857. The molecule has 0 aromatic carbocycles. The number of amides is 2. The second-order valence-electron chi connectivity index (χ2n) is 5.51. The summed E-state index contributed by atoms with van der Waals surface area (Å²) in [5, 5.41) is 2.92. The fourth-order valence-electron chi connectivity index (χ4n) is 2.79. The zero-order chi connectivity index (χ0) is 13.8. The molecule has 1 heterocycles. The number of thioether (sulfide) groups is 1. The Morgan fingerprint density at radius 3 is 2.68 bits per heavy atom. The second kappa shape index (κ2) is 6.64. The molecule has 1 saturated heterocycles. The molecule has 0 aromatic heterocycles. The molecule has 0 aromatic rings. The van der Waals surface area contributed by atoms with Crippen LogP contribution in [0.1, 0.15) is 39.0 Å². The SMILES string of the molecule is CCCC1NC(=O)C(C2CC2)N(CCCSC)C1=O. The van der Waals surface area contributed by atoms with E-state index in [9.17, 15) is 9.59 Å². The molecule has 2 atom stereocenters. The van der Waals surface area contributed by atoms with Gasteiger partial charge < -0.3 is 10.2 Å². The van der Waals surface area contributed by atoms with Gasteiger partial charge in [-0.1, -0.05) is 13.3 Å². The van der Waals surface area contributed by atoms with E-state index in [0.717, 1.165) is 44.4 Å². The van der Waals surface area contributed by atoms with Gasteiger partial charge in [0.1, 0.15) is 12.1 Å². The number of hydrogen-bond donors (Lipinski definition) is 1. The normalized spacial score (nSPS) is 27.6. The largest absolute Gasteiger partial charge is 0.342 e. The van der Waals surface area contributed by atoms with Crippen LogP contribution in [0, 0.1) is 5.92 Å². The van der Waals surface area contributed by atoms with E-state index in [1.54, 1.807) is 11.8 Å². The maximum Gasteiger partial charge on any atom is 0.245 e. The Labute approximate surface area is 119 Å². The van der Waals surface area contributed by atoms with Crippen molar-refractivity contribution in [1.29, 1.82) is 0 Å². The van der Waals surface area contributed by atoms with Gasteiger partial charge in [0.25, 0.3) is 0 Å². The zero-order valence-electron chi connectivity index (χ0n) is 11.9. The molecule has 108 valence electrons. The van der Waals surface area contributed by atoms with Gasteiger partial charge in [0.05, 0.1) is 0 Å². The van der Waals surface area contributed by atoms with Crippen LogP contribution < -0.4 is 5.32 Å². The van der Waals surface area contributed by atoms with Crippen molar-refractivity contribution in [2.24, 2.45) is 5.92 Å². The van der Waals surface area contributed by atoms with Crippen LogP contribution in [0.4, 0.5) is 0 Å². The van der Waals surface area contributed by atoms with Gasteiger partial charge in [0, 0.05) is 6.54 Å². The summed E-state index contributed by atoms with van der Waals surface area (Å²) in [6.45, 7) is 2.78. The van der Waals surface area contributed by atoms with E-state index in [1.807, 2.05) is 11.8 Å². The third kappa shape index (κ3) is 3.44. The monoisotopic (exact) mass is 284 g/mol. The number of carbonyl (C=O) groups excluding carboxylic acids is 2. The third-order valence-corrected chi connectivity index (χ3v) is 4.59. The summed E-state index contributed by atoms with van der Waals surface area (Å²) in [7, 11) is 0. The minimum Gasteiger partial charge on any atom is -0.342 e. The lowest BCUT2D eigenvalue weighted by molar-refractivity contribution is -0.150. The average molecular weight is 284 g/mol. The van der Waals surface area contributed by atoms with Crippen LogP contribution >= 0.6 is 11.8 Å². The van der Waals surface area contributed by atoms with Crippen molar-refractivity contribution in [3.05, 3.63) is 0 Å².